The second-order valence-electron chi connectivity index (χ2n) is 1.08. The van der Waals surface area contributed by atoms with E-state index in [9.17, 15) is 9.59 Å². The Morgan fingerprint density at radius 1 is 1.00 bits per heavy atom. The number of hydrogen-bond donors (Lipinski definition) is 2. The Morgan fingerprint density at radius 3 is 1.09 bits per heavy atom. The molecule has 0 aliphatic heterocycles. The quantitative estimate of drug-likeness (QED) is 0.506. The zero-order chi connectivity index (χ0) is 8.57. The third-order valence-corrected chi connectivity index (χ3v) is 0.349. The van der Waals surface area contributed by atoms with Crippen molar-refractivity contribution in [2.24, 2.45) is 0 Å². The van der Waals surface area contributed by atoms with Crippen LogP contribution in [0.3, 0.4) is 0 Å². The molecular weight excluding hydrogens is 195 g/mol. The van der Waals surface area contributed by atoms with Crippen LogP contribution in [-0.4, -0.2) is 22.2 Å². The maximum atomic E-state index is 9.25. The molecule has 4 nitrogen and oxygen atoms in total. The van der Waals surface area contributed by atoms with Crippen molar-refractivity contribution in [1.82, 2.24) is 0 Å². The minimum absolute atomic E-state index is 0. The number of carboxylic acids is 2. The van der Waals surface area contributed by atoms with E-state index in [4.69, 9.17) is 10.2 Å². The van der Waals surface area contributed by atoms with E-state index in [-0.39, 0.29) is 16.5 Å². The van der Waals surface area contributed by atoms with Crippen LogP contribution in [-0.2, 0) is 26.1 Å². The van der Waals surface area contributed by atoms with Gasteiger partial charge in [0.05, 0.1) is 0 Å². The number of carboxylic acid groups (broad SMARTS) is 2. The van der Waals surface area contributed by atoms with Gasteiger partial charge in [-0.25, -0.2) is 9.59 Å². The van der Waals surface area contributed by atoms with Gasteiger partial charge in [-0.15, -0.1) is 0 Å². The smallest absolute Gasteiger partial charge is 0.327 e. The summed E-state index contributed by atoms with van der Waals surface area (Å²) in [6, 6.07) is 0. The largest absolute Gasteiger partial charge is 0.478 e. The van der Waals surface area contributed by atoms with E-state index in [1.165, 1.54) is 0 Å². The van der Waals surface area contributed by atoms with Crippen molar-refractivity contribution in [3.8, 4) is 0 Å². The first-order chi connectivity index (χ1) is 4.54. The molecule has 0 aromatic rings. The molecule has 0 saturated heterocycles. The third kappa shape index (κ3) is 50.2. The van der Waals surface area contributed by atoms with Crippen molar-refractivity contribution >= 4 is 11.9 Å². The number of hydrogen-bond acceptors (Lipinski definition) is 2. The maximum absolute atomic E-state index is 9.25. The van der Waals surface area contributed by atoms with Gasteiger partial charge in [0.15, 0.2) is 0 Å². The van der Waals surface area contributed by atoms with E-state index in [0.29, 0.717) is 0 Å². The predicted octanol–water partition coefficient (Wildman–Crippen LogP) is 0.512. The Bertz CT molecular complexity index is 135. The number of carbonyl (C=O) groups is 2. The molecule has 0 amide bonds. The first-order valence-corrected chi connectivity index (χ1v) is 2.25. The van der Waals surface area contributed by atoms with Gasteiger partial charge in [0.25, 0.3) is 0 Å². The summed E-state index contributed by atoms with van der Waals surface area (Å²) in [5, 5.41) is 15.2. The van der Waals surface area contributed by atoms with E-state index < -0.39 is 11.9 Å². The Hall–Kier alpha value is -1.09. The van der Waals surface area contributed by atoms with Gasteiger partial charge in [0.2, 0.25) is 0 Å². The second kappa shape index (κ2) is 11.7. The molecule has 0 aromatic carbocycles. The summed E-state index contributed by atoms with van der Waals surface area (Å²) in [5.41, 5.74) is 0. The van der Waals surface area contributed by atoms with Crippen LogP contribution in [0.1, 0.15) is 0 Å². The second-order valence-corrected chi connectivity index (χ2v) is 1.08. The summed E-state index contributed by atoms with van der Waals surface area (Å²) < 4.78 is 0. The van der Waals surface area contributed by atoms with Gasteiger partial charge in [-0.2, -0.15) is 0 Å². The molecule has 0 spiro atoms. The standard InChI is InChI=1S/2C3H4O2.Ni/c2*1-2-3(4)5;/h2*2H,1H2,(H,4,5);. The van der Waals surface area contributed by atoms with Crippen molar-refractivity contribution < 1.29 is 36.3 Å². The molecule has 66 valence electrons. The minimum atomic E-state index is -0.981. The van der Waals surface area contributed by atoms with Gasteiger partial charge in [0.1, 0.15) is 0 Å². The molecule has 0 unspecified atom stereocenters. The summed E-state index contributed by atoms with van der Waals surface area (Å²) >= 11 is 0. The fourth-order valence-corrected chi connectivity index (χ4v) is 0. The van der Waals surface area contributed by atoms with Crippen LogP contribution < -0.4 is 0 Å². The van der Waals surface area contributed by atoms with Crippen LogP contribution in [0.25, 0.3) is 0 Å². The van der Waals surface area contributed by atoms with Crippen LogP contribution in [0.15, 0.2) is 25.3 Å². The first kappa shape index (κ1) is 16.5. The molecular formula is C6H8NiO4. The first-order valence-electron chi connectivity index (χ1n) is 2.25. The molecule has 0 fully saturated rings. The fraction of sp³-hybridized carbons (Fsp3) is 0. The molecule has 0 saturated carbocycles. The zero-order valence-corrected chi connectivity index (χ0v) is 6.58. The SMILES string of the molecule is C=CC(=O)O.C=CC(=O)O.[Ni]. The van der Waals surface area contributed by atoms with Crippen LogP contribution in [0.2, 0.25) is 0 Å². The molecule has 0 radical (unpaired) electrons. The molecule has 0 aliphatic carbocycles. The van der Waals surface area contributed by atoms with Gasteiger partial charge in [0, 0.05) is 28.6 Å². The third-order valence-electron chi connectivity index (χ3n) is 0.349. The van der Waals surface area contributed by atoms with Crippen molar-refractivity contribution in [2.75, 3.05) is 0 Å². The van der Waals surface area contributed by atoms with Crippen LogP contribution in [0.5, 0.6) is 0 Å². The normalized spacial score (nSPS) is 5.82. The Balaban J connectivity index is -0.000000107. The van der Waals surface area contributed by atoms with E-state index >= 15 is 0 Å². The van der Waals surface area contributed by atoms with E-state index in [1.807, 2.05) is 0 Å². The van der Waals surface area contributed by atoms with Gasteiger partial charge >= 0.3 is 11.9 Å². The Kier molecular flexibility index (Phi) is 17.5. The van der Waals surface area contributed by atoms with Gasteiger partial charge in [-0.1, -0.05) is 13.2 Å². The molecule has 5 heteroatoms. The van der Waals surface area contributed by atoms with E-state index in [0.717, 1.165) is 12.2 Å². The van der Waals surface area contributed by atoms with E-state index in [1.54, 1.807) is 0 Å². The fourth-order valence-electron chi connectivity index (χ4n) is 0. The van der Waals surface area contributed by atoms with Crippen molar-refractivity contribution in [3.05, 3.63) is 25.3 Å². The van der Waals surface area contributed by atoms with Crippen molar-refractivity contribution in [3.63, 3.8) is 0 Å². The Labute approximate surface area is 74.1 Å². The maximum Gasteiger partial charge on any atom is 0.327 e. The summed E-state index contributed by atoms with van der Waals surface area (Å²) in [6.07, 6.45) is 1.67. The Morgan fingerprint density at radius 2 is 1.09 bits per heavy atom. The molecule has 0 heterocycles. The average molecular weight is 203 g/mol. The van der Waals surface area contributed by atoms with E-state index in [2.05, 4.69) is 13.2 Å². The van der Waals surface area contributed by atoms with Gasteiger partial charge < -0.3 is 10.2 Å². The summed E-state index contributed by atoms with van der Waals surface area (Å²) in [6.45, 7) is 5.92. The average Bonchev–Trinajstić information content (AvgIpc) is 1.89. The summed E-state index contributed by atoms with van der Waals surface area (Å²) in [7, 11) is 0. The van der Waals surface area contributed by atoms with Crippen molar-refractivity contribution in [2.45, 2.75) is 0 Å². The van der Waals surface area contributed by atoms with Gasteiger partial charge in [-0.3, -0.25) is 0 Å². The molecule has 0 rings (SSSR count). The number of aliphatic carboxylic acids is 2. The van der Waals surface area contributed by atoms with Crippen LogP contribution in [0, 0.1) is 0 Å². The van der Waals surface area contributed by atoms with Crippen LogP contribution >= 0.6 is 0 Å². The molecule has 0 atom stereocenters. The molecule has 2 N–H and O–H groups in total. The molecule has 0 bridgehead atoms. The van der Waals surface area contributed by atoms with Crippen molar-refractivity contribution in [1.29, 1.82) is 0 Å². The monoisotopic (exact) mass is 202 g/mol. The van der Waals surface area contributed by atoms with Gasteiger partial charge in [-0.05, 0) is 0 Å². The molecule has 0 aliphatic rings. The molecule has 11 heavy (non-hydrogen) atoms. The predicted molar refractivity (Wildman–Crippen MR) is 35.7 cm³/mol. The zero-order valence-electron chi connectivity index (χ0n) is 5.60. The number of rotatable bonds is 2. The molecule has 0 aromatic heterocycles. The topological polar surface area (TPSA) is 74.6 Å². The minimum Gasteiger partial charge on any atom is -0.478 e. The summed E-state index contributed by atoms with van der Waals surface area (Å²) in [4.78, 5) is 18.5. The van der Waals surface area contributed by atoms with Crippen LogP contribution in [0.4, 0.5) is 0 Å². The summed E-state index contributed by atoms with van der Waals surface area (Å²) in [5.74, 6) is -1.96.